The Morgan fingerprint density at radius 2 is 1.50 bits per heavy atom. The molecule has 0 aromatic heterocycles. The largest absolute Gasteiger partial charge is 0.705 e. The summed E-state index contributed by atoms with van der Waals surface area (Å²) in [5, 5.41) is 0. The Hall–Kier alpha value is 0.320. The van der Waals surface area contributed by atoms with Crippen molar-refractivity contribution < 1.29 is 41.9 Å². The van der Waals surface area contributed by atoms with E-state index in [1.807, 2.05) is 13.8 Å². The summed E-state index contributed by atoms with van der Waals surface area (Å²) in [6.45, 7) is 4.00. The van der Waals surface area contributed by atoms with Crippen molar-refractivity contribution in [3.63, 3.8) is 0 Å². The molecule has 14 heavy (non-hydrogen) atoms. The standard InChI is InChI=1S/C2H6.H3O9P3/c1-2;1-10(2)8-12(6,7)9-11(3,4)5/h1-2H3;(H3-,1,2,3,4,5,6,7)/p+1. The highest BCUT2D eigenvalue weighted by molar-refractivity contribution is 7.64. The lowest BCUT2D eigenvalue weighted by Gasteiger charge is -2.04. The molecule has 2 unspecified atom stereocenters. The number of rotatable bonds is 4. The zero-order chi connectivity index (χ0) is 12.0. The molecule has 0 radical (unpaired) electrons. The highest BCUT2D eigenvalue weighted by atomic mass is 31.3. The van der Waals surface area contributed by atoms with Gasteiger partial charge < -0.3 is 9.79 Å². The second-order valence-corrected chi connectivity index (χ2v) is 5.06. The summed E-state index contributed by atoms with van der Waals surface area (Å²) in [7, 11) is -13.9. The van der Waals surface area contributed by atoms with Crippen molar-refractivity contribution in [3.8, 4) is 0 Å². The van der Waals surface area contributed by atoms with Gasteiger partial charge in [0, 0.05) is 4.57 Å². The molecule has 0 aliphatic heterocycles. The Labute approximate surface area is 80.5 Å². The fourth-order valence-corrected chi connectivity index (χ4v) is 2.41. The maximum Gasteiger partial charge on any atom is 0.705 e. The molecule has 0 rings (SSSR count). The van der Waals surface area contributed by atoms with Crippen LogP contribution in [0.3, 0.4) is 0 Å². The first-order valence-electron chi connectivity index (χ1n) is 3.08. The maximum atomic E-state index is 10.3. The van der Waals surface area contributed by atoms with Crippen molar-refractivity contribution in [1.29, 1.82) is 0 Å². The van der Waals surface area contributed by atoms with Crippen LogP contribution in [0.25, 0.3) is 0 Å². The average molecular weight is 271 g/mol. The van der Waals surface area contributed by atoms with Crippen LogP contribution in [0.5, 0.6) is 0 Å². The van der Waals surface area contributed by atoms with E-state index in [-0.39, 0.29) is 0 Å². The molecule has 9 nitrogen and oxygen atoms in total. The van der Waals surface area contributed by atoms with E-state index in [4.69, 9.17) is 19.6 Å². The minimum Gasteiger partial charge on any atom is -0.302 e. The monoisotopic (exact) mass is 271 g/mol. The molecule has 0 saturated heterocycles. The Morgan fingerprint density at radius 1 is 1.14 bits per heavy atom. The summed E-state index contributed by atoms with van der Waals surface area (Å²) in [5.41, 5.74) is 0. The summed E-state index contributed by atoms with van der Waals surface area (Å²) in [6.07, 6.45) is 0. The molecule has 0 bridgehead atoms. The SMILES string of the molecule is CC.O=[P+](O)OP(=O)(O)OP(=O)(O)O. The van der Waals surface area contributed by atoms with Gasteiger partial charge in [-0.3, -0.25) is 4.89 Å². The quantitative estimate of drug-likeness (QED) is 0.546. The first-order chi connectivity index (χ1) is 6.12. The summed E-state index contributed by atoms with van der Waals surface area (Å²) in [6, 6.07) is 0. The molecule has 0 aliphatic carbocycles. The number of phosphoric acid groups is 2. The van der Waals surface area contributed by atoms with E-state index in [2.05, 4.69) is 8.62 Å². The molecule has 0 aliphatic rings. The van der Waals surface area contributed by atoms with Gasteiger partial charge in [-0.1, -0.05) is 13.8 Å². The van der Waals surface area contributed by atoms with Crippen molar-refractivity contribution in [2.24, 2.45) is 0 Å². The molecule has 0 aromatic rings. The summed E-state index contributed by atoms with van der Waals surface area (Å²) < 4.78 is 36.4. The van der Waals surface area contributed by atoms with Gasteiger partial charge >= 0.3 is 23.9 Å². The molecule has 2 atom stereocenters. The lowest BCUT2D eigenvalue weighted by atomic mass is 11.0. The predicted octanol–water partition coefficient (Wildman–Crippen LogP) is 0.889. The molecule has 0 amide bonds. The van der Waals surface area contributed by atoms with Gasteiger partial charge in [0.2, 0.25) is 0 Å². The molecule has 0 saturated carbocycles. The zero-order valence-corrected chi connectivity index (χ0v) is 9.86. The van der Waals surface area contributed by atoms with Crippen LogP contribution in [0.1, 0.15) is 13.8 Å². The molecular weight excluding hydrogens is 261 g/mol. The van der Waals surface area contributed by atoms with Crippen LogP contribution in [-0.2, 0) is 22.3 Å². The first kappa shape index (κ1) is 16.7. The molecule has 4 N–H and O–H groups in total. The fourth-order valence-electron chi connectivity index (χ4n) is 0.238. The molecule has 86 valence electrons. The normalized spacial score (nSPS) is 16.3. The van der Waals surface area contributed by atoms with Crippen LogP contribution in [-0.4, -0.2) is 19.6 Å². The number of hydrogen-bond acceptors (Lipinski definition) is 5. The predicted molar refractivity (Wildman–Crippen MR) is 45.2 cm³/mol. The fraction of sp³-hybridized carbons (Fsp3) is 1.00. The molecule has 0 spiro atoms. The Morgan fingerprint density at radius 3 is 1.71 bits per heavy atom. The van der Waals surface area contributed by atoms with E-state index in [0.29, 0.717) is 0 Å². The van der Waals surface area contributed by atoms with Gasteiger partial charge in [-0.2, -0.15) is 4.31 Å². The molecule has 0 heterocycles. The average Bonchev–Trinajstić information content (AvgIpc) is 1.82. The third-order valence-corrected chi connectivity index (χ3v) is 3.44. The molecular formula is C2H10O9P3+. The van der Waals surface area contributed by atoms with Gasteiger partial charge in [-0.05, 0) is 4.31 Å². The Bertz CT molecular complexity index is 265. The summed E-state index contributed by atoms with van der Waals surface area (Å²) in [4.78, 5) is 32.1. The van der Waals surface area contributed by atoms with Crippen LogP contribution >= 0.6 is 23.9 Å². The maximum absolute atomic E-state index is 10.3. The van der Waals surface area contributed by atoms with E-state index in [1.165, 1.54) is 0 Å². The smallest absolute Gasteiger partial charge is 0.302 e. The highest BCUT2D eigenvalue weighted by Gasteiger charge is 2.40. The second kappa shape index (κ2) is 6.74. The Kier molecular flexibility index (Phi) is 8.06. The topological polar surface area (TPSA) is 151 Å². The van der Waals surface area contributed by atoms with Crippen molar-refractivity contribution in [2.45, 2.75) is 13.8 Å². The van der Waals surface area contributed by atoms with Crippen LogP contribution in [0.15, 0.2) is 0 Å². The third-order valence-electron chi connectivity index (χ3n) is 0.383. The lowest BCUT2D eigenvalue weighted by Crippen LogP contribution is -1.87. The minimum atomic E-state index is -5.22. The minimum absolute atomic E-state index is 2.00. The van der Waals surface area contributed by atoms with E-state index in [1.54, 1.807) is 0 Å². The highest BCUT2D eigenvalue weighted by Crippen LogP contribution is 2.60. The molecule has 12 heteroatoms. The van der Waals surface area contributed by atoms with Gasteiger partial charge in [0.25, 0.3) is 0 Å². The second-order valence-electron chi connectivity index (χ2n) is 1.36. The van der Waals surface area contributed by atoms with E-state index in [9.17, 15) is 13.7 Å². The van der Waals surface area contributed by atoms with Crippen molar-refractivity contribution in [2.75, 3.05) is 0 Å². The van der Waals surface area contributed by atoms with Gasteiger partial charge in [0.05, 0.1) is 0 Å². The zero-order valence-electron chi connectivity index (χ0n) is 7.17. The van der Waals surface area contributed by atoms with Crippen LogP contribution in [0.4, 0.5) is 0 Å². The van der Waals surface area contributed by atoms with Crippen molar-refractivity contribution >= 4 is 23.9 Å². The van der Waals surface area contributed by atoms with E-state index in [0.717, 1.165) is 0 Å². The lowest BCUT2D eigenvalue weighted by molar-refractivity contribution is 0.227. The van der Waals surface area contributed by atoms with Crippen molar-refractivity contribution in [3.05, 3.63) is 0 Å². The van der Waals surface area contributed by atoms with E-state index >= 15 is 0 Å². The summed E-state index contributed by atoms with van der Waals surface area (Å²) in [5.74, 6) is 0. The van der Waals surface area contributed by atoms with Gasteiger partial charge in [0.15, 0.2) is 0 Å². The van der Waals surface area contributed by atoms with Crippen LogP contribution < -0.4 is 0 Å². The van der Waals surface area contributed by atoms with Gasteiger partial charge in [0.1, 0.15) is 0 Å². The van der Waals surface area contributed by atoms with Gasteiger partial charge in [-0.25, -0.2) is 9.13 Å². The van der Waals surface area contributed by atoms with E-state index < -0.39 is 23.9 Å². The van der Waals surface area contributed by atoms with Crippen molar-refractivity contribution in [1.82, 2.24) is 0 Å². The molecule has 0 aromatic carbocycles. The number of hydrogen-bond donors (Lipinski definition) is 4. The van der Waals surface area contributed by atoms with Crippen LogP contribution in [0, 0.1) is 0 Å². The molecule has 0 fully saturated rings. The van der Waals surface area contributed by atoms with Gasteiger partial charge in [-0.15, -0.1) is 4.89 Å². The first-order valence-corrected chi connectivity index (χ1v) is 7.23. The van der Waals surface area contributed by atoms with Crippen LogP contribution in [0.2, 0.25) is 0 Å². The summed E-state index contributed by atoms with van der Waals surface area (Å²) >= 11 is 0. The Balaban J connectivity index is 0. The third kappa shape index (κ3) is 12.3.